The Morgan fingerprint density at radius 2 is 1.79 bits per heavy atom. The summed E-state index contributed by atoms with van der Waals surface area (Å²) in [6, 6.07) is 15.8. The smallest absolute Gasteiger partial charge is 0.251 e. The van der Waals surface area contributed by atoms with E-state index in [9.17, 15) is 4.79 Å². The molecule has 1 aliphatic rings. The van der Waals surface area contributed by atoms with Crippen molar-refractivity contribution in [2.24, 2.45) is 0 Å². The van der Waals surface area contributed by atoms with Crippen LogP contribution in [0, 0.1) is 0 Å². The maximum atomic E-state index is 12.6. The van der Waals surface area contributed by atoms with Crippen molar-refractivity contribution in [3.8, 4) is 0 Å². The van der Waals surface area contributed by atoms with Crippen LogP contribution in [0.15, 0.2) is 48.5 Å². The van der Waals surface area contributed by atoms with E-state index in [1.807, 2.05) is 14.1 Å². The summed E-state index contributed by atoms with van der Waals surface area (Å²) in [5, 5.41) is 3.68. The van der Waals surface area contributed by atoms with Gasteiger partial charge >= 0.3 is 0 Å². The second-order valence-corrected chi connectivity index (χ2v) is 8.00. The number of nitrogens with one attached hydrogen (secondary N) is 1. The minimum atomic E-state index is -0.0912. The van der Waals surface area contributed by atoms with Gasteiger partial charge in [-0.2, -0.15) is 0 Å². The first kappa shape index (κ1) is 20.6. The van der Waals surface area contributed by atoms with E-state index in [4.69, 9.17) is 11.6 Å². The van der Waals surface area contributed by atoms with Crippen LogP contribution in [0.25, 0.3) is 0 Å². The van der Waals surface area contributed by atoms with E-state index in [1.165, 1.54) is 11.3 Å². The molecule has 0 aliphatic carbocycles. The lowest BCUT2D eigenvalue weighted by molar-refractivity contribution is 0.0886. The zero-order valence-electron chi connectivity index (χ0n) is 16.9. The summed E-state index contributed by atoms with van der Waals surface area (Å²) >= 11 is 6.03. The third kappa shape index (κ3) is 5.25. The summed E-state index contributed by atoms with van der Waals surface area (Å²) in [6.07, 6.45) is 0. The SMILES string of the molecule is CN1CCN([C@H](CNC(=O)c2cccc(Cl)c2)c2ccc(N(C)C)cc2)CC1. The normalized spacial score (nSPS) is 16.6. The van der Waals surface area contributed by atoms with Gasteiger partial charge in [0.2, 0.25) is 0 Å². The molecule has 0 radical (unpaired) electrons. The molecule has 28 heavy (non-hydrogen) atoms. The van der Waals surface area contributed by atoms with Gasteiger partial charge in [-0.1, -0.05) is 29.8 Å². The Kier molecular flexibility index (Phi) is 6.94. The van der Waals surface area contributed by atoms with Crippen LogP contribution >= 0.6 is 11.6 Å². The first-order valence-corrected chi connectivity index (χ1v) is 10.1. The van der Waals surface area contributed by atoms with Crippen molar-refractivity contribution in [3.05, 3.63) is 64.7 Å². The van der Waals surface area contributed by atoms with Gasteiger partial charge in [0.05, 0.1) is 6.04 Å². The molecule has 5 nitrogen and oxygen atoms in total. The largest absolute Gasteiger partial charge is 0.378 e. The molecular formula is C22H29ClN4O. The first-order chi connectivity index (χ1) is 13.4. The van der Waals surface area contributed by atoms with Gasteiger partial charge < -0.3 is 15.1 Å². The number of hydrogen-bond acceptors (Lipinski definition) is 4. The third-order valence-electron chi connectivity index (χ3n) is 5.32. The Hall–Kier alpha value is -2.08. The third-order valence-corrected chi connectivity index (χ3v) is 5.55. The van der Waals surface area contributed by atoms with Gasteiger partial charge in [0.1, 0.15) is 0 Å². The Labute approximate surface area is 172 Å². The van der Waals surface area contributed by atoms with Gasteiger partial charge in [0.25, 0.3) is 5.91 Å². The van der Waals surface area contributed by atoms with Crippen molar-refractivity contribution < 1.29 is 4.79 Å². The van der Waals surface area contributed by atoms with Gasteiger partial charge in [-0.3, -0.25) is 9.69 Å². The number of carbonyl (C=O) groups is 1. The van der Waals surface area contributed by atoms with Crippen molar-refractivity contribution in [2.45, 2.75) is 6.04 Å². The molecule has 2 aromatic carbocycles. The monoisotopic (exact) mass is 400 g/mol. The molecule has 0 aromatic heterocycles. The average molecular weight is 401 g/mol. The number of nitrogens with zero attached hydrogens (tertiary/aromatic N) is 3. The lowest BCUT2D eigenvalue weighted by Gasteiger charge is -2.38. The van der Waals surface area contributed by atoms with E-state index in [0.29, 0.717) is 17.1 Å². The molecule has 3 rings (SSSR count). The average Bonchev–Trinajstić information content (AvgIpc) is 2.69. The quantitative estimate of drug-likeness (QED) is 0.808. The number of benzene rings is 2. The molecular weight excluding hydrogens is 372 g/mol. The molecule has 1 fully saturated rings. The molecule has 1 aliphatic heterocycles. The Balaban J connectivity index is 1.75. The van der Waals surface area contributed by atoms with Crippen molar-refractivity contribution in [2.75, 3.05) is 58.8 Å². The molecule has 6 heteroatoms. The van der Waals surface area contributed by atoms with E-state index in [-0.39, 0.29) is 11.9 Å². The molecule has 0 bridgehead atoms. The molecule has 1 N–H and O–H groups in total. The minimum absolute atomic E-state index is 0.0912. The Morgan fingerprint density at radius 1 is 1.11 bits per heavy atom. The van der Waals surface area contributed by atoms with Gasteiger partial charge in [0.15, 0.2) is 0 Å². The first-order valence-electron chi connectivity index (χ1n) is 9.67. The number of hydrogen-bond donors (Lipinski definition) is 1. The molecule has 1 atom stereocenters. The zero-order chi connectivity index (χ0) is 20.1. The number of piperazine rings is 1. The fourth-order valence-electron chi connectivity index (χ4n) is 3.51. The van der Waals surface area contributed by atoms with Crippen molar-refractivity contribution in [3.63, 3.8) is 0 Å². The highest BCUT2D eigenvalue weighted by Gasteiger charge is 2.24. The van der Waals surface area contributed by atoms with Crippen molar-refractivity contribution >= 4 is 23.2 Å². The Morgan fingerprint density at radius 3 is 2.39 bits per heavy atom. The maximum absolute atomic E-state index is 12.6. The molecule has 0 unspecified atom stereocenters. The second-order valence-electron chi connectivity index (χ2n) is 7.56. The summed E-state index contributed by atoms with van der Waals surface area (Å²) in [4.78, 5) is 19.5. The highest BCUT2D eigenvalue weighted by Crippen LogP contribution is 2.24. The van der Waals surface area contributed by atoms with Crippen LogP contribution in [0.3, 0.4) is 0 Å². The van der Waals surface area contributed by atoms with Crippen LogP contribution in [0.4, 0.5) is 5.69 Å². The Bertz CT molecular complexity index is 785. The lowest BCUT2D eigenvalue weighted by Crippen LogP contribution is -2.48. The number of anilines is 1. The van der Waals surface area contributed by atoms with Crippen molar-refractivity contribution in [1.82, 2.24) is 15.1 Å². The topological polar surface area (TPSA) is 38.8 Å². The van der Waals surface area contributed by atoms with E-state index in [0.717, 1.165) is 26.2 Å². The van der Waals surface area contributed by atoms with E-state index >= 15 is 0 Å². The van der Waals surface area contributed by atoms with Gasteiger partial charge in [-0.25, -0.2) is 0 Å². The number of carbonyl (C=O) groups excluding carboxylic acids is 1. The molecule has 0 spiro atoms. The number of halogens is 1. The van der Waals surface area contributed by atoms with Gasteiger partial charge in [0, 0.05) is 63.1 Å². The molecule has 1 heterocycles. The summed E-state index contributed by atoms with van der Waals surface area (Å²) in [6.45, 7) is 4.62. The van der Waals surface area contributed by atoms with E-state index in [1.54, 1.807) is 24.3 Å². The second kappa shape index (κ2) is 9.41. The molecule has 1 amide bonds. The summed E-state index contributed by atoms with van der Waals surface area (Å²) < 4.78 is 0. The highest BCUT2D eigenvalue weighted by atomic mass is 35.5. The summed E-state index contributed by atoms with van der Waals surface area (Å²) in [7, 11) is 6.23. The van der Waals surface area contributed by atoms with E-state index < -0.39 is 0 Å². The predicted octanol–water partition coefficient (Wildman–Crippen LogP) is 3.12. The fraction of sp³-hybridized carbons (Fsp3) is 0.409. The molecule has 150 valence electrons. The minimum Gasteiger partial charge on any atom is -0.378 e. The van der Waals surface area contributed by atoms with Crippen LogP contribution in [-0.2, 0) is 0 Å². The number of rotatable bonds is 6. The zero-order valence-corrected chi connectivity index (χ0v) is 17.6. The molecule has 2 aromatic rings. The maximum Gasteiger partial charge on any atom is 0.251 e. The fourth-order valence-corrected chi connectivity index (χ4v) is 3.70. The summed E-state index contributed by atoms with van der Waals surface area (Å²) in [5.74, 6) is -0.0912. The number of likely N-dealkylation sites (N-methyl/N-ethyl adjacent to an activating group) is 1. The van der Waals surface area contributed by atoms with E-state index in [2.05, 4.69) is 51.3 Å². The van der Waals surface area contributed by atoms with Gasteiger partial charge in [-0.05, 0) is 42.9 Å². The summed E-state index contributed by atoms with van der Waals surface area (Å²) in [5.41, 5.74) is 2.98. The van der Waals surface area contributed by atoms with Gasteiger partial charge in [-0.15, -0.1) is 0 Å². The standard InChI is InChI=1S/C22H29ClN4O/c1-25(2)20-9-7-17(8-10-20)21(27-13-11-26(3)12-14-27)16-24-22(28)18-5-4-6-19(23)15-18/h4-10,15,21H,11-14,16H2,1-3H3,(H,24,28)/t21-/m1/s1. The van der Waals surface area contributed by atoms with Crippen molar-refractivity contribution in [1.29, 1.82) is 0 Å². The molecule has 0 saturated carbocycles. The predicted molar refractivity (Wildman–Crippen MR) is 116 cm³/mol. The van der Waals surface area contributed by atoms with Crippen LogP contribution < -0.4 is 10.2 Å². The molecule has 1 saturated heterocycles. The number of amides is 1. The lowest BCUT2D eigenvalue weighted by atomic mass is 10.0. The van der Waals surface area contributed by atoms with Crippen LogP contribution in [-0.4, -0.2) is 69.6 Å². The van der Waals surface area contributed by atoms with Crippen LogP contribution in [0.2, 0.25) is 5.02 Å². The van der Waals surface area contributed by atoms with Crippen LogP contribution in [0.1, 0.15) is 22.0 Å². The highest BCUT2D eigenvalue weighted by molar-refractivity contribution is 6.30. The van der Waals surface area contributed by atoms with Crippen LogP contribution in [0.5, 0.6) is 0 Å².